The van der Waals surface area contributed by atoms with Gasteiger partial charge in [0.15, 0.2) is 6.61 Å². The second kappa shape index (κ2) is 7.63. The van der Waals surface area contributed by atoms with Crippen molar-refractivity contribution < 1.29 is 14.3 Å². The summed E-state index contributed by atoms with van der Waals surface area (Å²) in [5, 5.41) is 2.77. The van der Waals surface area contributed by atoms with Crippen molar-refractivity contribution in [3.05, 3.63) is 23.8 Å². The zero-order valence-electron chi connectivity index (χ0n) is 11.7. The van der Waals surface area contributed by atoms with Crippen LogP contribution in [0.3, 0.4) is 0 Å². The standard InChI is InChI=1S/C14H22N2O3/c1-10(2)16-14(17)9-19-13-5-4-12(18-3)8-11(13)6-7-15/h4-5,8,10H,6-7,9,15H2,1-3H3,(H,16,17). The van der Waals surface area contributed by atoms with E-state index < -0.39 is 0 Å². The third-order valence-electron chi connectivity index (χ3n) is 2.49. The molecule has 0 spiro atoms. The highest BCUT2D eigenvalue weighted by molar-refractivity contribution is 5.77. The van der Waals surface area contributed by atoms with Gasteiger partial charge in [0.1, 0.15) is 11.5 Å². The van der Waals surface area contributed by atoms with Gasteiger partial charge in [-0.2, -0.15) is 0 Å². The van der Waals surface area contributed by atoms with Gasteiger partial charge in [0.05, 0.1) is 7.11 Å². The summed E-state index contributed by atoms with van der Waals surface area (Å²) >= 11 is 0. The molecule has 5 heteroatoms. The minimum Gasteiger partial charge on any atom is -0.497 e. The van der Waals surface area contributed by atoms with Gasteiger partial charge in [-0.15, -0.1) is 0 Å². The van der Waals surface area contributed by atoms with Crippen LogP contribution in [-0.2, 0) is 11.2 Å². The Hall–Kier alpha value is -1.75. The van der Waals surface area contributed by atoms with E-state index in [-0.39, 0.29) is 18.6 Å². The number of rotatable bonds is 7. The van der Waals surface area contributed by atoms with E-state index in [2.05, 4.69) is 5.32 Å². The third kappa shape index (κ3) is 5.18. The molecule has 0 aromatic heterocycles. The lowest BCUT2D eigenvalue weighted by Crippen LogP contribution is -2.34. The maximum absolute atomic E-state index is 11.5. The molecule has 19 heavy (non-hydrogen) atoms. The molecule has 0 radical (unpaired) electrons. The minimum absolute atomic E-state index is 0.00206. The van der Waals surface area contributed by atoms with Crippen molar-refractivity contribution in [2.75, 3.05) is 20.3 Å². The summed E-state index contributed by atoms with van der Waals surface area (Å²) in [7, 11) is 1.61. The summed E-state index contributed by atoms with van der Waals surface area (Å²) in [6.07, 6.45) is 0.679. The van der Waals surface area contributed by atoms with Crippen molar-refractivity contribution >= 4 is 5.91 Å². The Kier molecular flexibility index (Phi) is 6.15. The van der Waals surface area contributed by atoms with Crippen LogP contribution >= 0.6 is 0 Å². The molecule has 3 N–H and O–H groups in total. The Bertz CT molecular complexity index is 419. The molecular weight excluding hydrogens is 244 g/mol. The maximum Gasteiger partial charge on any atom is 0.258 e. The van der Waals surface area contributed by atoms with E-state index in [0.29, 0.717) is 18.7 Å². The highest BCUT2D eigenvalue weighted by Crippen LogP contribution is 2.24. The number of hydrogen-bond acceptors (Lipinski definition) is 4. The number of amides is 1. The number of carbonyl (C=O) groups is 1. The smallest absolute Gasteiger partial charge is 0.258 e. The minimum atomic E-state index is -0.135. The first-order valence-electron chi connectivity index (χ1n) is 6.36. The molecule has 106 valence electrons. The van der Waals surface area contributed by atoms with E-state index >= 15 is 0 Å². The lowest BCUT2D eigenvalue weighted by Gasteiger charge is -2.13. The van der Waals surface area contributed by atoms with Crippen LogP contribution in [-0.4, -0.2) is 32.2 Å². The predicted octanol–water partition coefficient (Wildman–Crippen LogP) is 1.10. The molecule has 1 amide bonds. The number of ether oxygens (including phenoxy) is 2. The van der Waals surface area contributed by atoms with Crippen molar-refractivity contribution in [2.24, 2.45) is 5.73 Å². The fraction of sp³-hybridized carbons (Fsp3) is 0.500. The highest BCUT2D eigenvalue weighted by atomic mass is 16.5. The van der Waals surface area contributed by atoms with Crippen molar-refractivity contribution in [3.8, 4) is 11.5 Å². The number of nitrogens with two attached hydrogens (primary N) is 1. The average Bonchev–Trinajstić information content (AvgIpc) is 2.36. The van der Waals surface area contributed by atoms with E-state index in [0.717, 1.165) is 11.3 Å². The third-order valence-corrected chi connectivity index (χ3v) is 2.49. The molecule has 0 saturated heterocycles. The summed E-state index contributed by atoms with van der Waals surface area (Å²) in [4.78, 5) is 11.5. The molecule has 0 aliphatic rings. The second-order valence-corrected chi connectivity index (χ2v) is 4.52. The molecular formula is C14H22N2O3. The Labute approximate surface area is 114 Å². The molecule has 0 atom stereocenters. The quantitative estimate of drug-likeness (QED) is 0.775. The molecule has 1 aromatic rings. The zero-order valence-corrected chi connectivity index (χ0v) is 11.7. The first-order valence-corrected chi connectivity index (χ1v) is 6.36. The Balaban J connectivity index is 2.68. The summed E-state index contributed by atoms with van der Waals surface area (Å²) < 4.78 is 10.7. The van der Waals surface area contributed by atoms with Crippen LogP contribution in [0.1, 0.15) is 19.4 Å². The molecule has 0 saturated carbocycles. The molecule has 0 aliphatic heterocycles. The number of methoxy groups -OCH3 is 1. The van der Waals surface area contributed by atoms with Crippen LogP contribution in [0.5, 0.6) is 11.5 Å². The van der Waals surface area contributed by atoms with E-state index in [1.165, 1.54) is 0 Å². The van der Waals surface area contributed by atoms with Gasteiger partial charge < -0.3 is 20.5 Å². The van der Waals surface area contributed by atoms with Crippen LogP contribution in [0, 0.1) is 0 Å². The number of carbonyl (C=O) groups excluding carboxylic acids is 1. The van der Waals surface area contributed by atoms with Crippen LogP contribution in [0.4, 0.5) is 0 Å². The van der Waals surface area contributed by atoms with Gasteiger partial charge in [0, 0.05) is 6.04 Å². The predicted molar refractivity (Wildman–Crippen MR) is 74.5 cm³/mol. The van der Waals surface area contributed by atoms with Gasteiger partial charge in [-0.3, -0.25) is 4.79 Å². The summed E-state index contributed by atoms with van der Waals surface area (Å²) in [5.41, 5.74) is 6.51. The normalized spacial score (nSPS) is 10.4. The van der Waals surface area contributed by atoms with E-state index in [1.807, 2.05) is 19.9 Å². The van der Waals surface area contributed by atoms with Crippen LogP contribution in [0.2, 0.25) is 0 Å². The fourth-order valence-corrected chi connectivity index (χ4v) is 1.68. The monoisotopic (exact) mass is 266 g/mol. The van der Waals surface area contributed by atoms with E-state index in [1.54, 1.807) is 19.2 Å². The molecule has 0 bridgehead atoms. The van der Waals surface area contributed by atoms with Crippen molar-refractivity contribution in [3.63, 3.8) is 0 Å². The van der Waals surface area contributed by atoms with Gasteiger partial charge in [0.2, 0.25) is 0 Å². The topological polar surface area (TPSA) is 73.6 Å². The number of hydrogen-bond donors (Lipinski definition) is 2. The van der Waals surface area contributed by atoms with E-state index in [4.69, 9.17) is 15.2 Å². The molecule has 0 aliphatic carbocycles. The van der Waals surface area contributed by atoms with Crippen molar-refractivity contribution in [2.45, 2.75) is 26.3 Å². The summed E-state index contributed by atoms with van der Waals surface area (Å²) in [6.45, 7) is 4.33. The van der Waals surface area contributed by atoms with Gasteiger partial charge in [-0.1, -0.05) is 0 Å². The second-order valence-electron chi connectivity index (χ2n) is 4.52. The van der Waals surface area contributed by atoms with Gasteiger partial charge in [-0.25, -0.2) is 0 Å². The van der Waals surface area contributed by atoms with Crippen LogP contribution in [0.25, 0.3) is 0 Å². The SMILES string of the molecule is COc1ccc(OCC(=O)NC(C)C)c(CCN)c1. The summed E-state index contributed by atoms with van der Waals surface area (Å²) in [6, 6.07) is 5.58. The van der Waals surface area contributed by atoms with Crippen molar-refractivity contribution in [1.29, 1.82) is 0 Å². The molecule has 5 nitrogen and oxygen atoms in total. The molecule has 1 aromatic carbocycles. The van der Waals surface area contributed by atoms with Crippen molar-refractivity contribution in [1.82, 2.24) is 5.32 Å². The Morgan fingerprint density at radius 2 is 2.16 bits per heavy atom. The van der Waals surface area contributed by atoms with Gasteiger partial charge >= 0.3 is 0 Å². The number of nitrogens with one attached hydrogen (secondary N) is 1. The van der Waals surface area contributed by atoms with Gasteiger partial charge in [0.25, 0.3) is 5.91 Å². The molecule has 0 heterocycles. The first-order chi connectivity index (χ1) is 9.06. The summed E-state index contributed by atoms with van der Waals surface area (Å²) in [5.74, 6) is 1.29. The van der Waals surface area contributed by atoms with Gasteiger partial charge in [-0.05, 0) is 50.6 Å². The largest absolute Gasteiger partial charge is 0.497 e. The number of benzene rings is 1. The Morgan fingerprint density at radius 1 is 1.42 bits per heavy atom. The zero-order chi connectivity index (χ0) is 14.3. The van der Waals surface area contributed by atoms with E-state index in [9.17, 15) is 4.79 Å². The molecule has 0 unspecified atom stereocenters. The lowest BCUT2D eigenvalue weighted by atomic mass is 10.1. The molecule has 1 rings (SSSR count). The Morgan fingerprint density at radius 3 is 2.74 bits per heavy atom. The lowest BCUT2D eigenvalue weighted by molar-refractivity contribution is -0.123. The van der Waals surface area contributed by atoms with Crippen LogP contribution < -0.4 is 20.5 Å². The van der Waals surface area contributed by atoms with Crippen LogP contribution in [0.15, 0.2) is 18.2 Å². The maximum atomic E-state index is 11.5. The highest BCUT2D eigenvalue weighted by Gasteiger charge is 2.08. The molecule has 0 fully saturated rings. The average molecular weight is 266 g/mol. The first kappa shape index (κ1) is 15.3. The fourth-order valence-electron chi connectivity index (χ4n) is 1.68.